The van der Waals surface area contributed by atoms with Crippen LogP contribution in [0.4, 0.5) is 0 Å². The second-order valence-corrected chi connectivity index (χ2v) is 4.72. The maximum absolute atomic E-state index is 12.1. The lowest BCUT2D eigenvalue weighted by molar-refractivity contribution is 0.0500. The molecule has 0 heterocycles. The van der Waals surface area contributed by atoms with Crippen LogP contribution < -0.4 is 0 Å². The number of unbranched alkanes of at least 4 members (excludes halogenated alkanes) is 3. The number of carbonyl (C=O) groups is 1. The highest BCUT2D eigenvalue weighted by molar-refractivity contribution is 6.04. The van der Waals surface area contributed by atoms with Crippen molar-refractivity contribution in [3.8, 4) is 0 Å². The molecule has 0 aromatic heterocycles. The maximum atomic E-state index is 12.1. The third-order valence-electron chi connectivity index (χ3n) is 3.24. The van der Waals surface area contributed by atoms with Crippen LogP contribution in [0.5, 0.6) is 0 Å². The first-order valence-corrected chi connectivity index (χ1v) is 6.98. The zero-order valence-electron chi connectivity index (χ0n) is 11.4. The lowest BCUT2D eigenvalue weighted by atomic mass is 10.0. The Bertz CT molecular complexity index is 540. The molecular weight excluding hydrogens is 236 g/mol. The Hall–Kier alpha value is -1.83. The lowest BCUT2D eigenvalue weighted by Gasteiger charge is -2.07. The molecule has 100 valence electrons. The largest absolute Gasteiger partial charge is 0.462 e. The molecule has 0 radical (unpaired) electrons. The van der Waals surface area contributed by atoms with Crippen molar-refractivity contribution in [3.05, 3.63) is 48.0 Å². The van der Waals surface area contributed by atoms with Crippen LogP contribution in [0.15, 0.2) is 42.5 Å². The van der Waals surface area contributed by atoms with Gasteiger partial charge in [-0.05, 0) is 23.3 Å². The smallest absolute Gasteiger partial charge is 0.338 e. The molecular formula is C17H20O2. The van der Waals surface area contributed by atoms with Gasteiger partial charge in [0.15, 0.2) is 0 Å². The third kappa shape index (κ3) is 3.57. The second-order valence-electron chi connectivity index (χ2n) is 4.72. The monoisotopic (exact) mass is 256 g/mol. The van der Waals surface area contributed by atoms with Crippen molar-refractivity contribution in [2.24, 2.45) is 0 Å². The Labute approximate surface area is 114 Å². The molecule has 0 aliphatic carbocycles. The van der Waals surface area contributed by atoms with E-state index in [0.29, 0.717) is 12.2 Å². The first-order chi connectivity index (χ1) is 9.33. The molecule has 0 spiro atoms. The fourth-order valence-corrected chi connectivity index (χ4v) is 2.17. The van der Waals surface area contributed by atoms with Gasteiger partial charge in [0.2, 0.25) is 0 Å². The van der Waals surface area contributed by atoms with Crippen molar-refractivity contribution in [1.82, 2.24) is 0 Å². The molecule has 2 aromatic rings. The van der Waals surface area contributed by atoms with Gasteiger partial charge in [-0.15, -0.1) is 0 Å². The topological polar surface area (TPSA) is 26.3 Å². The molecule has 2 heteroatoms. The van der Waals surface area contributed by atoms with Gasteiger partial charge in [0.05, 0.1) is 12.2 Å². The summed E-state index contributed by atoms with van der Waals surface area (Å²) in [7, 11) is 0. The molecule has 0 atom stereocenters. The molecule has 0 aliphatic heterocycles. The van der Waals surface area contributed by atoms with Crippen LogP contribution in [0.3, 0.4) is 0 Å². The van der Waals surface area contributed by atoms with Gasteiger partial charge in [-0.3, -0.25) is 0 Å². The highest BCUT2D eigenvalue weighted by Crippen LogP contribution is 2.19. The third-order valence-corrected chi connectivity index (χ3v) is 3.24. The van der Waals surface area contributed by atoms with Gasteiger partial charge in [0, 0.05) is 0 Å². The van der Waals surface area contributed by atoms with E-state index in [4.69, 9.17) is 4.74 Å². The number of carbonyl (C=O) groups excluding carboxylic acids is 1. The van der Waals surface area contributed by atoms with Gasteiger partial charge in [0.25, 0.3) is 0 Å². The predicted molar refractivity (Wildman–Crippen MR) is 78.4 cm³/mol. The van der Waals surface area contributed by atoms with Crippen LogP contribution in [0.2, 0.25) is 0 Å². The van der Waals surface area contributed by atoms with Gasteiger partial charge >= 0.3 is 5.97 Å². The van der Waals surface area contributed by atoms with E-state index >= 15 is 0 Å². The van der Waals surface area contributed by atoms with E-state index < -0.39 is 0 Å². The molecule has 0 bridgehead atoms. The summed E-state index contributed by atoms with van der Waals surface area (Å²) < 4.78 is 5.34. The molecule has 19 heavy (non-hydrogen) atoms. The summed E-state index contributed by atoms with van der Waals surface area (Å²) in [5, 5.41) is 2.03. The predicted octanol–water partition coefficient (Wildman–Crippen LogP) is 4.58. The molecule has 2 aromatic carbocycles. The maximum Gasteiger partial charge on any atom is 0.338 e. The molecule has 0 N–H and O–H groups in total. The van der Waals surface area contributed by atoms with Crippen LogP contribution in [-0.2, 0) is 4.74 Å². The first kappa shape index (κ1) is 13.6. The van der Waals surface area contributed by atoms with Gasteiger partial charge in [-0.2, -0.15) is 0 Å². The molecule has 2 rings (SSSR count). The quantitative estimate of drug-likeness (QED) is 0.558. The number of hydrogen-bond donors (Lipinski definition) is 0. The molecule has 0 saturated carbocycles. The SMILES string of the molecule is CCCCCCOC(=O)c1cccc2ccccc12. The van der Waals surface area contributed by atoms with Crippen molar-refractivity contribution >= 4 is 16.7 Å². The number of hydrogen-bond acceptors (Lipinski definition) is 2. The van der Waals surface area contributed by atoms with Gasteiger partial charge < -0.3 is 4.74 Å². The molecule has 0 saturated heterocycles. The summed E-state index contributed by atoms with van der Waals surface area (Å²) in [6.07, 6.45) is 4.47. The fraction of sp³-hybridized carbons (Fsp3) is 0.353. The Morgan fingerprint density at radius 1 is 1.00 bits per heavy atom. The zero-order chi connectivity index (χ0) is 13.5. The van der Waals surface area contributed by atoms with E-state index in [1.165, 1.54) is 12.8 Å². The summed E-state index contributed by atoms with van der Waals surface area (Å²) in [5.41, 5.74) is 0.661. The number of rotatable bonds is 6. The second kappa shape index (κ2) is 6.93. The summed E-state index contributed by atoms with van der Waals surface area (Å²) >= 11 is 0. The normalized spacial score (nSPS) is 10.6. The molecule has 0 unspecified atom stereocenters. The van der Waals surface area contributed by atoms with Crippen LogP contribution in [0, 0.1) is 0 Å². The van der Waals surface area contributed by atoms with Crippen molar-refractivity contribution in [2.75, 3.05) is 6.61 Å². The lowest BCUT2D eigenvalue weighted by Crippen LogP contribution is -2.07. The minimum atomic E-state index is -0.215. The molecule has 0 aliphatic rings. The Morgan fingerprint density at radius 2 is 1.79 bits per heavy atom. The number of fused-ring (bicyclic) bond motifs is 1. The fourth-order valence-electron chi connectivity index (χ4n) is 2.17. The van der Waals surface area contributed by atoms with Crippen molar-refractivity contribution in [1.29, 1.82) is 0 Å². The molecule has 0 fully saturated rings. The summed E-state index contributed by atoms with van der Waals surface area (Å²) in [5.74, 6) is -0.215. The van der Waals surface area contributed by atoms with Crippen molar-refractivity contribution < 1.29 is 9.53 Å². The van der Waals surface area contributed by atoms with E-state index in [1.54, 1.807) is 0 Å². The molecule has 2 nitrogen and oxygen atoms in total. The minimum absolute atomic E-state index is 0.215. The van der Waals surface area contributed by atoms with Crippen LogP contribution in [-0.4, -0.2) is 12.6 Å². The van der Waals surface area contributed by atoms with Gasteiger partial charge in [0.1, 0.15) is 0 Å². The first-order valence-electron chi connectivity index (χ1n) is 6.98. The summed E-state index contributed by atoms with van der Waals surface area (Å²) in [6, 6.07) is 13.6. The Kier molecular flexibility index (Phi) is 4.96. The van der Waals surface area contributed by atoms with E-state index in [0.717, 1.165) is 23.6 Å². The Balaban J connectivity index is 2.01. The van der Waals surface area contributed by atoms with E-state index in [-0.39, 0.29) is 5.97 Å². The average molecular weight is 256 g/mol. The van der Waals surface area contributed by atoms with E-state index in [9.17, 15) is 4.79 Å². The minimum Gasteiger partial charge on any atom is -0.462 e. The molecule has 0 amide bonds. The Morgan fingerprint density at radius 3 is 2.63 bits per heavy atom. The van der Waals surface area contributed by atoms with Gasteiger partial charge in [-0.1, -0.05) is 62.6 Å². The standard InChI is InChI=1S/C17H20O2/c1-2-3-4-7-13-19-17(18)16-12-8-10-14-9-5-6-11-15(14)16/h5-6,8-12H,2-4,7,13H2,1H3. The zero-order valence-corrected chi connectivity index (χ0v) is 11.4. The highest BCUT2D eigenvalue weighted by atomic mass is 16.5. The van der Waals surface area contributed by atoms with Crippen molar-refractivity contribution in [2.45, 2.75) is 32.6 Å². The summed E-state index contributed by atoms with van der Waals surface area (Å²) in [6.45, 7) is 2.68. The highest BCUT2D eigenvalue weighted by Gasteiger charge is 2.10. The number of esters is 1. The van der Waals surface area contributed by atoms with E-state index in [1.807, 2.05) is 42.5 Å². The van der Waals surface area contributed by atoms with Crippen LogP contribution in [0.25, 0.3) is 10.8 Å². The van der Waals surface area contributed by atoms with Gasteiger partial charge in [-0.25, -0.2) is 4.79 Å². The van der Waals surface area contributed by atoms with Crippen molar-refractivity contribution in [3.63, 3.8) is 0 Å². The number of benzene rings is 2. The average Bonchev–Trinajstić information content (AvgIpc) is 2.46. The van der Waals surface area contributed by atoms with Crippen LogP contribution >= 0.6 is 0 Å². The number of ether oxygens (including phenoxy) is 1. The van der Waals surface area contributed by atoms with Crippen LogP contribution in [0.1, 0.15) is 43.0 Å². The summed E-state index contributed by atoms with van der Waals surface area (Å²) in [4.78, 5) is 12.1. The van der Waals surface area contributed by atoms with E-state index in [2.05, 4.69) is 6.92 Å².